The highest BCUT2D eigenvalue weighted by molar-refractivity contribution is 9.10. The van der Waals surface area contributed by atoms with Crippen LogP contribution in [0.15, 0.2) is 65.5 Å². The number of anilines is 2. The number of aromatic nitrogens is 3. The van der Waals surface area contributed by atoms with Crippen LogP contribution in [-0.4, -0.2) is 19.9 Å². The van der Waals surface area contributed by atoms with Crippen molar-refractivity contribution in [2.24, 2.45) is 0 Å². The SMILES string of the molecule is CCc1ccccc1Nc1ncnc(Oc2ccc(Br)c3cccnc23)c1[N+](=O)[O-]. The first-order chi connectivity index (χ1) is 14.6. The van der Waals surface area contributed by atoms with Crippen molar-refractivity contribution in [1.82, 2.24) is 15.0 Å². The van der Waals surface area contributed by atoms with Gasteiger partial charge in [0.25, 0.3) is 0 Å². The lowest BCUT2D eigenvalue weighted by Crippen LogP contribution is -2.05. The minimum Gasteiger partial charge on any atom is -0.431 e. The van der Waals surface area contributed by atoms with Crippen LogP contribution in [0.25, 0.3) is 10.9 Å². The Labute approximate surface area is 180 Å². The molecular weight excluding hydrogens is 450 g/mol. The molecule has 0 radical (unpaired) electrons. The second-order valence-corrected chi connectivity index (χ2v) is 7.17. The van der Waals surface area contributed by atoms with Gasteiger partial charge in [0.1, 0.15) is 11.8 Å². The summed E-state index contributed by atoms with van der Waals surface area (Å²) in [5, 5.41) is 15.7. The van der Waals surface area contributed by atoms with Crippen molar-refractivity contribution < 1.29 is 9.66 Å². The molecule has 0 fully saturated rings. The van der Waals surface area contributed by atoms with Crippen LogP contribution in [0.1, 0.15) is 12.5 Å². The molecule has 0 saturated carbocycles. The molecule has 0 spiro atoms. The van der Waals surface area contributed by atoms with E-state index in [0.717, 1.165) is 27.5 Å². The van der Waals surface area contributed by atoms with Crippen molar-refractivity contribution in [3.8, 4) is 11.6 Å². The van der Waals surface area contributed by atoms with E-state index in [0.29, 0.717) is 11.3 Å². The van der Waals surface area contributed by atoms with Crippen LogP contribution in [0.3, 0.4) is 0 Å². The Morgan fingerprint density at radius 3 is 2.73 bits per heavy atom. The summed E-state index contributed by atoms with van der Waals surface area (Å²) in [7, 11) is 0. The predicted molar refractivity (Wildman–Crippen MR) is 117 cm³/mol. The van der Waals surface area contributed by atoms with Crippen LogP contribution in [0, 0.1) is 10.1 Å². The Bertz CT molecular complexity index is 1250. The van der Waals surface area contributed by atoms with Gasteiger partial charge < -0.3 is 10.1 Å². The molecule has 0 unspecified atom stereocenters. The summed E-state index contributed by atoms with van der Waals surface area (Å²) in [4.78, 5) is 23.8. The molecular formula is C21H16BrN5O3. The third kappa shape index (κ3) is 3.79. The molecule has 0 saturated heterocycles. The Balaban J connectivity index is 1.78. The molecule has 0 aliphatic rings. The van der Waals surface area contributed by atoms with Gasteiger partial charge in [-0.1, -0.05) is 47.1 Å². The maximum atomic E-state index is 11.9. The van der Waals surface area contributed by atoms with E-state index in [1.807, 2.05) is 37.3 Å². The average Bonchev–Trinajstić information content (AvgIpc) is 2.76. The fraction of sp³-hybridized carbons (Fsp3) is 0.0952. The highest BCUT2D eigenvalue weighted by Crippen LogP contribution is 2.38. The molecule has 2 heterocycles. The number of rotatable bonds is 6. The van der Waals surface area contributed by atoms with Crippen molar-refractivity contribution in [1.29, 1.82) is 0 Å². The molecule has 2 aromatic carbocycles. The Morgan fingerprint density at radius 2 is 1.93 bits per heavy atom. The summed E-state index contributed by atoms with van der Waals surface area (Å²) in [6.45, 7) is 2.01. The number of ether oxygens (including phenoxy) is 1. The number of aryl methyl sites for hydroxylation is 1. The van der Waals surface area contributed by atoms with E-state index in [-0.39, 0.29) is 17.4 Å². The van der Waals surface area contributed by atoms with Crippen molar-refractivity contribution >= 4 is 44.0 Å². The third-order valence-electron chi connectivity index (χ3n) is 4.51. The fourth-order valence-corrected chi connectivity index (χ4v) is 3.52. The van der Waals surface area contributed by atoms with Crippen molar-refractivity contribution in [3.63, 3.8) is 0 Å². The largest absolute Gasteiger partial charge is 0.431 e. The molecule has 2 aromatic heterocycles. The Kier molecular flexibility index (Phi) is 5.53. The highest BCUT2D eigenvalue weighted by atomic mass is 79.9. The number of nitrogens with zero attached hydrogens (tertiary/aromatic N) is 4. The Hall–Kier alpha value is -3.59. The molecule has 150 valence electrons. The van der Waals surface area contributed by atoms with Gasteiger partial charge in [0.15, 0.2) is 5.75 Å². The van der Waals surface area contributed by atoms with Crippen LogP contribution in [0.2, 0.25) is 0 Å². The zero-order chi connectivity index (χ0) is 21.1. The minimum atomic E-state index is -0.555. The van der Waals surface area contributed by atoms with Gasteiger partial charge in [0.05, 0.1) is 4.92 Å². The van der Waals surface area contributed by atoms with Gasteiger partial charge >= 0.3 is 11.6 Å². The topological polar surface area (TPSA) is 103 Å². The second kappa shape index (κ2) is 8.42. The van der Waals surface area contributed by atoms with E-state index in [1.54, 1.807) is 24.4 Å². The number of pyridine rings is 1. The van der Waals surface area contributed by atoms with E-state index in [2.05, 4.69) is 36.2 Å². The molecule has 4 rings (SSSR count). The van der Waals surface area contributed by atoms with E-state index >= 15 is 0 Å². The minimum absolute atomic E-state index is 0.0558. The van der Waals surface area contributed by atoms with Gasteiger partial charge in [-0.3, -0.25) is 15.1 Å². The molecule has 9 heteroatoms. The number of nitro groups is 1. The molecule has 0 amide bonds. The van der Waals surface area contributed by atoms with Gasteiger partial charge in [0, 0.05) is 21.7 Å². The first-order valence-corrected chi connectivity index (χ1v) is 9.93. The summed E-state index contributed by atoms with van der Waals surface area (Å²) < 4.78 is 6.70. The number of halogens is 1. The summed E-state index contributed by atoms with van der Waals surface area (Å²) in [5.74, 6) is 0.247. The van der Waals surface area contributed by atoms with E-state index in [4.69, 9.17) is 4.74 Å². The number of fused-ring (bicyclic) bond motifs is 1. The van der Waals surface area contributed by atoms with Gasteiger partial charge in [0.2, 0.25) is 5.82 Å². The molecule has 4 aromatic rings. The molecule has 0 aliphatic heterocycles. The molecule has 1 N–H and O–H groups in total. The van der Waals surface area contributed by atoms with Gasteiger partial charge in [-0.25, -0.2) is 4.98 Å². The van der Waals surface area contributed by atoms with Gasteiger partial charge in [-0.2, -0.15) is 4.98 Å². The van der Waals surface area contributed by atoms with Gasteiger partial charge in [-0.05, 0) is 36.2 Å². The summed E-state index contributed by atoms with van der Waals surface area (Å²) in [5.41, 5.74) is 1.96. The quantitative estimate of drug-likeness (QED) is 0.283. The molecule has 0 aliphatic carbocycles. The van der Waals surface area contributed by atoms with Crippen molar-refractivity contribution in [3.05, 3.63) is 81.2 Å². The number of nitrogens with one attached hydrogen (secondary N) is 1. The van der Waals surface area contributed by atoms with E-state index in [9.17, 15) is 10.1 Å². The zero-order valence-corrected chi connectivity index (χ0v) is 17.5. The van der Waals surface area contributed by atoms with Crippen molar-refractivity contribution in [2.75, 3.05) is 5.32 Å². The normalized spacial score (nSPS) is 10.7. The lowest BCUT2D eigenvalue weighted by atomic mass is 10.1. The van der Waals surface area contributed by atoms with Crippen molar-refractivity contribution in [2.45, 2.75) is 13.3 Å². The van der Waals surface area contributed by atoms with Crippen LogP contribution >= 0.6 is 15.9 Å². The first-order valence-electron chi connectivity index (χ1n) is 9.14. The van der Waals surface area contributed by atoms with Gasteiger partial charge in [-0.15, -0.1) is 0 Å². The molecule has 0 atom stereocenters. The van der Waals surface area contributed by atoms with Crippen LogP contribution < -0.4 is 10.1 Å². The first kappa shape index (κ1) is 19.7. The Morgan fingerprint density at radius 1 is 1.10 bits per heavy atom. The molecule has 0 bridgehead atoms. The number of benzene rings is 2. The number of para-hydroxylation sites is 1. The van der Waals surface area contributed by atoms with Crippen LogP contribution in [-0.2, 0) is 6.42 Å². The summed E-state index contributed by atoms with van der Waals surface area (Å²) in [6, 6.07) is 14.7. The predicted octanol–water partition coefficient (Wildman–Crippen LogP) is 5.79. The second-order valence-electron chi connectivity index (χ2n) is 6.32. The lowest BCUT2D eigenvalue weighted by Gasteiger charge is -2.12. The smallest absolute Gasteiger partial charge is 0.373 e. The maximum Gasteiger partial charge on any atom is 0.373 e. The fourth-order valence-electron chi connectivity index (χ4n) is 3.07. The maximum absolute atomic E-state index is 11.9. The summed E-state index contributed by atoms with van der Waals surface area (Å²) >= 11 is 3.48. The molecule has 30 heavy (non-hydrogen) atoms. The average molecular weight is 466 g/mol. The molecule has 8 nitrogen and oxygen atoms in total. The number of hydrogen-bond donors (Lipinski definition) is 1. The van der Waals surface area contributed by atoms with Crippen LogP contribution in [0.5, 0.6) is 11.6 Å². The third-order valence-corrected chi connectivity index (χ3v) is 5.20. The van der Waals surface area contributed by atoms with E-state index < -0.39 is 4.92 Å². The lowest BCUT2D eigenvalue weighted by molar-refractivity contribution is -0.385. The zero-order valence-electron chi connectivity index (χ0n) is 15.9. The highest BCUT2D eigenvalue weighted by Gasteiger charge is 2.26. The summed E-state index contributed by atoms with van der Waals surface area (Å²) in [6.07, 6.45) is 3.63. The van der Waals surface area contributed by atoms with Crippen LogP contribution in [0.4, 0.5) is 17.2 Å². The number of hydrogen-bond acceptors (Lipinski definition) is 7. The van der Waals surface area contributed by atoms with E-state index in [1.165, 1.54) is 6.33 Å². The standard InChI is InChI=1S/C21H16BrN5O3/c1-2-13-6-3-4-8-16(13)26-20-19(27(28)29)21(25-12-24-20)30-17-10-9-15(22)14-7-5-11-23-18(14)17/h3-12H,2H2,1H3,(H,24,25,26). The monoisotopic (exact) mass is 465 g/mol.